The average molecular weight is 593 g/mol. The van der Waals surface area contributed by atoms with Crippen LogP contribution in [0.25, 0.3) is 5.69 Å². The molecule has 8 nitrogen and oxygen atoms in total. The summed E-state index contributed by atoms with van der Waals surface area (Å²) in [6.45, 7) is 12.8. The van der Waals surface area contributed by atoms with Crippen molar-refractivity contribution in [3.8, 4) is 5.69 Å². The van der Waals surface area contributed by atoms with E-state index in [4.69, 9.17) is 5.10 Å². The molecule has 0 atom stereocenters. The third-order valence-corrected chi connectivity index (χ3v) is 8.12. The molecular formula is C36H44N6O2. The number of carbonyl (C=O) groups excluding carboxylic acids is 2. The van der Waals surface area contributed by atoms with Gasteiger partial charge in [0.2, 0.25) is 0 Å². The Morgan fingerprint density at radius 3 is 2.25 bits per heavy atom. The minimum absolute atomic E-state index is 0.0991. The number of aryl methyl sites for hydroxylation is 1. The number of piperidine rings is 1. The monoisotopic (exact) mass is 592 g/mol. The molecular weight excluding hydrogens is 548 g/mol. The standard InChI is InChI=1S/C36H44N6O2/c1-6-37-29-14-12-28(13-15-29)34(43)41-20-18-26(19-21-41)22-27-8-7-9-30(23-27)38-35(44)39-33-24-32(36(3,4)5)40-42(33)31-16-10-25(2)11-17-31/h7-17,23-24,26,37H,6,18-22H2,1-5H3,(H2,38,39,44). The van der Waals surface area contributed by atoms with E-state index in [1.165, 1.54) is 5.56 Å². The molecule has 1 aliphatic rings. The van der Waals surface area contributed by atoms with Crippen LogP contribution in [0.15, 0.2) is 78.9 Å². The first kappa shape index (κ1) is 30.9. The lowest BCUT2D eigenvalue weighted by Crippen LogP contribution is -2.38. The molecule has 5 rings (SSSR count). The van der Waals surface area contributed by atoms with E-state index in [2.05, 4.69) is 49.7 Å². The van der Waals surface area contributed by atoms with Crippen LogP contribution in [0.5, 0.6) is 0 Å². The van der Waals surface area contributed by atoms with Gasteiger partial charge in [-0.1, -0.05) is 50.6 Å². The van der Waals surface area contributed by atoms with Crippen LogP contribution in [0.4, 0.5) is 22.0 Å². The number of amides is 3. The number of hydrogen-bond donors (Lipinski definition) is 3. The number of aromatic nitrogens is 2. The lowest BCUT2D eigenvalue weighted by atomic mass is 9.90. The summed E-state index contributed by atoms with van der Waals surface area (Å²) in [5.41, 5.74) is 6.45. The smallest absolute Gasteiger partial charge is 0.324 e. The fourth-order valence-corrected chi connectivity index (χ4v) is 5.57. The van der Waals surface area contributed by atoms with Gasteiger partial charge in [-0.25, -0.2) is 9.48 Å². The Labute approximate surface area is 260 Å². The zero-order chi connectivity index (χ0) is 31.3. The fraction of sp³-hybridized carbons (Fsp3) is 0.361. The van der Waals surface area contributed by atoms with Gasteiger partial charge in [0.25, 0.3) is 5.91 Å². The topological polar surface area (TPSA) is 91.3 Å². The maximum Gasteiger partial charge on any atom is 0.324 e. The zero-order valence-corrected chi connectivity index (χ0v) is 26.5. The Morgan fingerprint density at radius 1 is 0.886 bits per heavy atom. The molecule has 0 aliphatic carbocycles. The van der Waals surface area contributed by atoms with E-state index in [9.17, 15) is 9.59 Å². The molecule has 0 spiro atoms. The first-order valence-electron chi connectivity index (χ1n) is 15.6. The maximum absolute atomic E-state index is 13.1. The minimum Gasteiger partial charge on any atom is -0.385 e. The second-order valence-corrected chi connectivity index (χ2v) is 12.7. The van der Waals surface area contributed by atoms with Crippen molar-refractivity contribution in [1.29, 1.82) is 0 Å². The van der Waals surface area contributed by atoms with E-state index in [-0.39, 0.29) is 17.4 Å². The molecule has 0 bridgehead atoms. The van der Waals surface area contributed by atoms with Crippen LogP contribution in [0, 0.1) is 12.8 Å². The van der Waals surface area contributed by atoms with Crippen LogP contribution < -0.4 is 16.0 Å². The van der Waals surface area contributed by atoms with Crippen LogP contribution in [0.3, 0.4) is 0 Å². The molecule has 44 heavy (non-hydrogen) atoms. The number of rotatable bonds is 8. The van der Waals surface area contributed by atoms with E-state index in [1.54, 1.807) is 4.68 Å². The highest BCUT2D eigenvalue weighted by Crippen LogP contribution is 2.28. The highest BCUT2D eigenvalue weighted by atomic mass is 16.2. The number of nitrogens with zero attached hydrogens (tertiary/aromatic N) is 3. The van der Waals surface area contributed by atoms with Gasteiger partial charge in [0.1, 0.15) is 5.82 Å². The third-order valence-electron chi connectivity index (χ3n) is 8.12. The van der Waals surface area contributed by atoms with Gasteiger partial charge in [-0.2, -0.15) is 5.10 Å². The second kappa shape index (κ2) is 13.4. The summed E-state index contributed by atoms with van der Waals surface area (Å²) in [6.07, 6.45) is 2.82. The fourth-order valence-electron chi connectivity index (χ4n) is 5.57. The quantitative estimate of drug-likeness (QED) is 0.196. The summed E-state index contributed by atoms with van der Waals surface area (Å²) < 4.78 is 1.78. The second-order valence-electron chi connectivity index (χ2n) is 12.7. The number of likely N-dealkylation sites (tertiary alicyclic amines) is 1. The highest BCUT2D eigenvalue weighted by Gasteiger charge is 2.24. The third kappa shape index (κ3) is 7.67. The van der Waals surface area contributed by atoms with Gasteiger partial charge in [-0.15, -0.1) is 0 Å². The molecule has 2 heterocycles. The number of benzene rings is 3. The molecule has 0 unspecified atom stereocenters. The van der Waals surface area contributed by atoms with Crippen molar-refractivity contribution in [2.45, 2.75) is 59.3 Å². The van der Waals surface area contributed by atoms with Crippen molar-refractivity contribution in [2.75, 3.05) is 35.6 Å². The molecule has 1 fully saturated rings. The lowest BCUT2D eigenvalue weighted by molar-refractivity contribution is 0.0690. The van der Waals surface area contributed by atoms with E-state index in [0.717, 1.165) is 72.8 Å². The molecule has 230 valence electrons. The number of urea groups is 1. The molecule has 1 aromatic heterocycles. The average Bonchev–Trinajstić information content (AvgIpc) is 3.42. The van der Waals surface area contributed by atoms with Crippen LogP contribution in [-0.4, -0.2) is 46.3 Å². The van der Waals surface area contributed by atoms with Crippen molar-refractivity contribution in [3.63, 3.8) is 0 Å². The summed E-state index contributed by atoms with van der Waals surface area (Å²) in [5, 5.41) is 14.1. The Bertz CT molecular complexity index is 1580. The van der Waals surface area contributed by atoms with E-state index >= 15 is 0 Å². The van der Waals surface area contributed by atoms with Gasteiger partial charge in [-0.3, -0.25) is 10.1 Å². The predicted molar refractivity (Wildman–Crippen MR) is 179 cm³/mol. The summed E-state index contributed by atoms with van der Waals surface area (Å²) in [7, 11) is 0. The minimum atomic E-state index is -0.318. The van der Waals surface area contributed by atoms with Crippen molar-refractivity contribution in [3.05, 3.63) is 101 Å². The SMILES string of the molecule is CCNc1ccc(C(=O)N2CCC(Cc3cccc(NC(=O)Nc4cc(C(C)(C)C)nn4-c4ccc(C)cc4)c3)CC2)cc1. The van der Waals surface area contributed by atoms with Gasteiger partial charge in [0, 0.05) is 48.1 Å². The van der Waals surface area contributed by atoms with E-state index in [0.29, 0.717) is 11.7 Å². The maximum atomic E-state index is 13.1. The van der Waals surface area contributed by atoms with Gasteiger partial charge in [-0.05, 0) is 93.1 Å². The van der Waals surface area contributed by atoms with E-state index in [1.807, 2.05) is 84.6 Å². The number of anilines is 3. The zero-order valence-electron chi connectivity index (χ0n) is 26.5. The summed E-state index contributed by atoms with van der Waals surface area (Å²) >= 11 is 0. The first-order chi connectivity index (χ1) is 21.1. The van der Waals surface area contributed by atoms with Crippen LogP contribution in [0.2, 0.25) is 0 Å². The Hall–Kier alpha value is -4.59. The number of nitrogens with one attached hydrogen (secondary N) is 3. The van der Waals surface area contributed by atoms with Crippen LogP contribution in [0.1, 0.15) is 67.7 Å². The Balaban J connectivity index is 1.18. The van der Waals surface area contributed by atoms with Crippen molar-refractivity contribution >= 4 is 29.1 Å². The number of carbonyl (C=O) groups is 2. The van der Waals surface area contributed by atoms with Crippen molar-refractivity contribution in [1.82, 2.24) is 14.7 Å². The predicted octanol–water partition coefficient (Wildman–Crippen LogP) is 7.65. The van der Waals surface area contributed by atoms with Crippen molar-refractivity contribution in [2.24, 2.45) is 5.92 Å². The molecule has 0 saturated carbocycles. The Morgan fingerprint density at radius 2 is 1.59 bits per heavy atom. The van der Waals surface area contributed by atoms with Gasteiger partial charge < -0.3 is 15.5 Å². The molecule has 1 aliphatic heterocycles. The van der Waals surface area contributed by atoms with Gasteiger partial charge in [0.05, 0.1) is 11.4 Å². The summed E-state index contributed by atoms with van der Waals surface area (Å²) in [5.74, 6) is 1.20. The van der Waals surface area contributed by atoms with Crippen LogP contribution in [-0.2, 0) is 11.8 Å². The van der Waals surface area contributed by atoms with Crippen molar-refractivity contribution < 1.29 is 9.59 Å². The molecule has 3 amide bonds. The van der Waals surface area contributed by atoms with Crippen LogP contribution >= 0.6 is 0 Å². The molecule has 3 aromatic carbocycles. The van der Waals surface area contributed by atoms with E-state index < -0.39 is 0 Å². The first-order valence-corrected chi connectivity index (χ1v) is 15.6. The van der Waals surface area contributed by atoms with Gasteiger partial charge in [0.15, 0.2) is 0 Å². The largest absolute Gasteiger partial charge is 0.385 e. The normalized spacial score (nSPS) is 13.9. The van der Waals surface area contributed by atoms with Gasteiger partial charge >= 0.3 is 6.03 Å². The number of hydrogen-bond acceptors (Lipinski definition) is 4. The Kier molecular flexibility index (Phi) is 9.37. The highest BCUT2D eigenvalue weighted by molar-refractivity contribution is 5.99. The molecule has 0 radical (unpaired) electrons. The summed E-state index contributed by atoms with van der Waals surface area (Å²) in [4.78, 5) is 28.1. The molecule has 1 saturated heterocycles. The molecule has 4 aromatic rings. The lowest BCUT2D eigenvalue weighted by Gasteiger charge is -2.32. The molecule has 3 N–H and O–H groups in total. The molecule has 8 heteroatoms. The summed E-state index contributed by atoms with van der Waals surface area (Å²) in [6, 6.07) is 25.5.